The van der Waals surface area contributed by atoms with Crippen molar-refractivity contribution in [2.24, 2.45) is 0 Å². The standard InChI is InChI=1S/C24H29Br2ClN4O/c1-14(2)30(4)24(32)20-13-31(8-7-29(20)3)23-21-15(10-18(27)11-19(21)26)5-6-16-9-17(25)12-28-22(16)23/h9-12,14,20,23H,5-8,13H2,1-4H3/t20-,23+/m1/s1. The number of rotatable bonds is 3. The summed E-state index contributed by atoms with van der Waals surface area (Å²) < 4.78 is 1.99. The van der Waals surface area contributed by atoms with Crippen LogP contribution in [0.3, 0.4) is 0 Å². The third-order valence-corrected chi connectivity index (χ3v) is 8.10. The fourth-order valence-corrected chi connectivity index (χ4v) is 6.21. The number of carbonyl (C=O) groups is 1. The van der Waals surface area contributed by atoms with Crippen molar-refractivity contribution in [3.05, 3.63) is 60.7 Å². The number of carbonyl (C=O) groups excluding carboxylic acids is 1. The molecule has 1 aromatic carbocycles. The molecule has 0 unspecified atom stereocenters. The van der Waals surface area contributed by atoms with E-state index in [0.717, 1.165) is 45.6 Å². The van der Waals surface area contributed by atoms with Crippen LogP contribution in [0.1, 0.15) is 42.3 Å². The van der Waals surface area contributed by atoms with Gasteiger partial charge in [0.25, 0.3) is 0 Å². The summed E-state index contributed by atoms with van der Waals surface area (Å²) in [5.74, 6) is 0.167. The summed E-state index contributed by atoms with van der Waals surface area (Å²) in [5.41, 5.74) is 4.77. The first-order valence-electron chi connectivity index (χ1n) is 11.0. The Morgan fingerprint density at radius 1 is 1.19 bits per heavy atom. The summed E-state index contributed by atoms with van der Waals surface area (Å²) in [4.78, 5) is 24.7. The molecule has 0 saturated carbocycles. The van der Waals surface area contributed by atoms with Crippen molar-refractivity contribution in [1.29, 1.82) is 0 Å². The third-order valence-electron chi connectivity index (χ3n) is 6.80. The molecule has 0 spiro atoms. The topological polar surface area (TPSA) is 39.7 Å². The molecule has 0 N–H and O–H groups in total. The molecule has 8 heteroatoms. The maximum Gasteiger partial charge on any atom is 0.241 e. The molecule has 5 nitrogen and oxygen atoms in total. The Morgan fingerprint density at radius 2 is 1.91 bits per heavy atom. The number of hydrogen-bond donors (Lipinski definition) is 0. The number of fused-ring (bicyclic) bond motifs is 2. The number of nitrogens with zero attached hydrogens (tertiary/aromatic N) is 4. The smallest absolute Gasteiger partial charge is 0.241 e. The van der Waals surface area contributed by atoms with Crippen LogP contribution < -0.4 is 0 Å². The van der Waals surface area contributed by atoms with E-state index in [-0.39, 0.29) is 24.0 Å². The lowest BCUT2D eigenvalue weighted by atomic mass is 9.95. The van der Waals surface area contributed by atoms with Crippen LogP contribution in [0.4, 0.5) is 0 Å². The van der Waals surface area contributed by atoms with Gasteiger partial charge in [0, 0.05) is 52.9 Å². The van der Waals surface area contributed by atoms with E-state index < -0.39 is 0 Å². The van der Waals surface area contributed by atoms with E-state index in [1.165, 1.54) is 16.7 Å². The van der Waals surface area contributed by atoms with Gasteiger partial charge >= 0.3 is 0 Å². The zero-order valence-electron chi connectivity index (χ0n) is 18.9. The Balaban J connectivity index is 1.79. The van der Waals surface area contributed by atoms with Gasteiger partial charge in [0.05, 0.1) is 11.7 Å². The molecule has 172 valence electrons. The Kier molecular flexibility index (Phi) is 7.32. The van der Waals surface area contributed by atoms with Crippen LogP contribution in [0, 0.1) is 0 Å². The zero-order chi connectivity index (χ0) is 23.2. The fourth-order valence-electron chi connectivity index (χ4n) is 4.74. The molecule has 1 saturated heterocycles. The van der Waals surface area contributed by atoms with Gasteiger partial charge in [-0.3, -0.25) is 19.6 Å². The van der Waals surface area contributed by atoms with Crippen molar-refractivity contribution in [2.45, 2.75) is 44.8 Å². The predicted octanol–water partition coefficient (Wildman–Crippen LogP) is 4.93. The van der Waals surface area contributed by atoms with Gasteiger partial charge in [0.1, 0.15) is 6.04 Å². The first kappa shape index (κ1) is 24.1. The largest absolute Gasteiger partial charge is 0.342 e. The average molecular weight is 585 g/mol. The summed E-state index contributed by atoms with van der Waals surface area (Å²) in [6, 6.07) is 6.19. The van der Waals surface area contributed by atoms with Crippen molar-refractivity contribution in [1.82, 2.24) is 19.7 Å². The summed E-state index contributed by atoms with van der Waals surface area (Å²) in [5, 5.41) is 0.736. The minimum absolute atomic E-state index is 0.0319. The normalized spacial score (nSPS) is 21.8. The van der Waals surface area contributed by atoms with E-state index in [9.17, 15) is 4.79 Å². The van der Waals surface area contributed by atoms with Crippen LogP contribution in [-0.4, -0.2) is 71.4 Å². The maximum absolute atomic E-state index is 13.3. The molecule has 1 amide bonds. The van der Waals surface area contributed by atoms with Gasteiger partial charge in [-0.1, -0.05) is 27.5 Å². The number of benzene rings is 1. The van der Waals surface area contributed by atoms with Gasteiger partial charge in [0.15, 0.2) is 0 Å². The average Bonchev–Trinajstić information content (AvgIpc) is 2.90. The lowest BCUT2D eigenvalue weighted by molar-refractivity contribution is -0.139. The van der Waals surface area contributed by atoms with Crippen LogP contribution in [0.25, 0.3) is 0 Å². The molecule has 1 aliphatic heterocycles. The Morgan fingerprint density at radius 3 is 2.62 bits per heavy atom. The maximum atomic E-state index is 13.3. The highest BCUT2D eigenvalue weighted by molar-refractivity contribution is 9.10. The number of hydrogen-bond acceptors (Lipinski definition) is 4. The van der Waals surface area contributed by atoms with Gasteiger partial charge in [-0.25, -0.2) is 0 Å². The minimum atomic E-state index is -0.187. The number of likely N-dealkylation sites (N-methyl/N-ethyl adjacent to an activating group) is 2. The summed E-state index contributed by atoms with van der Waals surface area (Å²) in [6.45, 7) is 6.45. The zero-order valence-corrected chi connectivity index (χ0v) is 22.8. The molecule has 1 aliphatic carbocycles. The monoisotopic (exact) mass is 582 g/mol. The molecule has 2 aliphatic rings. The second-order valence-electron chi connectivity index (χ2n) is 9.10. The van der Waals surface area contributed by atoms with Crippen LogP contribution in [0.15, 0.2) is 33.3 Å². The number of aryl methyl sites for hydroxylation is 2. The first-order valence-corrected chi connectivity index (χ1v) is 13.0. The third kappa shape index (κ3) is 4.64. The molecule has 1 aromatic heterocycles. The molecule has 1 fully saturated rings. The minimum Gasteiger partial charge on any atom is -0.342 e. The van der Waals surface area contributed by atoms with Gasteiger partial charge in [-0.05, 0) is 84.6 Å². The van der Waals surface area contributed by atoms with Crippen molar-refractivity contribution in [3.63, 3.8) is 0 Å². The highest BCUT2D eigenvalue weighted by Gasteiger charge is 2.39. The molecule has 4 rings (SSSR count). The van der Waals surface area contributed by atoms with Gasteiger partial charge in [-0.2, -0.15) is 0 Å². The molecule has 2 aromatic rings. The highest BCUT2D eigenvalue weighted by atomic mass is 79.9. The molecule has 0 bridgehead atoms. The number of amides is 1. The van der Waals surface area contributed by atoms with E-state index >= 15 is 0 Å². The van der Waals surface area contributed by atoms with Crippen LogP contribution in [0.2, 0.25) is 5.02 Å². The summed E-state index contributed by atoms with van der Waals surface area (Å²) >= 11 is 13.8. The molecular weight excluding hydrogens is 556 g/mol. The van der Waals surface area contributed by atoms with E-state index in [2.05, 4.69) is 67.6 Å². The first-order chi connectivity index (χ1) is 15.2. The predicted molar refractivity (Wildman–Crippen MR) is 136 cm³/mol. The van der Waals surface area contributed by atoms with Crippen LogP contribution in [0.5, 0.6) is 0 Å². The Labute approximate surface area is 212 Å². The highest BCUT2D eigenvalue weighted by Crippen LogP contribution is 2.42. The molecule has 32 heavy (non-hydrogen) atoms. The van der Waals surface area contributed by atoms with Crippen molar-refractivity contribution >= 4 is 49.4 Å². The lowest BCUT2D eigenvalue weighted by Gasteiger charge is -2.44. The van der Waals surface area contributed by atoms with E-state index in [1.807, 2.05) is 31.3 Å². The van der Waals surface area contributed by atoms with E-state index in [4.69, 9.17) is 16.6 Å². The molecule has 0 radical (unpaired) electrons. The Hall–Kier alpha value is -0.990. The number of halogens is 3. The van der Waals surface area contributed by atoms with Crippen molar-refractivity contribution < 1.29 is 4.79 Å². The second-order valence-corrected chi connectivity index (χ2v) is 11.3. The Bertz CT molecular complexity index is 1030. The molecular formula is C24H29Br2ClN4O. The van der Waals surface area contributed by atoms with Crippen LogP contribution >= 0.6 is 43.5 Å². The quantitative estimate of drug-likeness (QED) is 0.513. The summed E-state index contributed by atoms with van der Waals surface area (Å²) in [6.07, 6.45) is 3.69. The molecule has 2 atom stereocenters. The number of piperazine rings is 1. The number of pyridine rings is 1. The SMILES string of the molecule is CC(C)N(C)C(=O)[C@H]1CN([C@@H]2c3ncc(Br)cc3CCc3cc(Cl)cc(Br)c32)CCN1C. The number of aromatic nitrogens is 1. The van der Waals surface area contributed by atoms with Crippen molar-refractivity contribution in [2.75, 3.05) is 33.7 Å². The van der Waals surface area contributed by atoms with E-state index in [0.29, 0.717) is 6.54 Å². The van der Waals surface area contributed by atoms with Crippen LogP contribution in [-0.2, 0) is 17.6 Å². The fraction of sp³-hybridized carbons (Fsp3) is 0.500. The summed E-state index contributed by atoms with van der Waals surface area (Å²) in [7, 11) is 3.95. The lowest BCUT2D eigenvalue weighted by Crippen LogP contribution is -2.59. The van der Waals surface area contributed by atoms with Gasteiger partial charge < -0.3 is 4.90 Å². The van der Waals surface area contributed by atoms with Crippen molar-refractivity contribution in [3.8, 4) is 0 Å². The second kappa shape index (κ2) is 9.71. The molecule has 2 heterocycles. The van der Waals surface area contributed by atoms with Gasteiger partial charge in [0.2, 0.25) is 5.91 Å². The van der Waals surface area contributed by atoms with E-state index in [1.54, 1.807) is 0 Å². The van der Waals surface area contributed by atoms with Gasteiger partial charge in [-0.15, -0.1) is 0 Å².